The Morgan fingerprint density at radius 1 is 1.07 bits per heavy atom. The van der Waals surface area contributed by atoms with Gasteiger partial charge in [0.1, 0.15) is 0 Å². The molecule has 1 aromatic carbocycles. The van der Waals surface area contributed by atoms with E-state index in [4.69, 9.17) is 0 Å². The summed E-state index contributed by atoms with van der Waals surface area (Å²) in [7, 11) is 0. The van der Waals surface area contributed by atoms with Gasteiger partial charge >= 0.3 is 0 Å². The van der Waals surface area contributed by atoms with Crippen molar-refractivity contribution in [3.63, 3.8) is 0 Å². The number of benzene rings is 1. The van der Waals surface area contributed by atoms with Crippen molar-refractivity contribution in [2.75, 3.05) is 6.54 Å². The number of hydrogen-bond acceptors (Lipinski definition) is 1. The number of nitrogens with one attached hydrogen (secondary N) is 1. The molecule has 0 unspecified atom stereocenters. The molecule has 0 aliphatic heterocycles. The summed E-state index contributed by atoms with van der Waals surface area (Å²) in [5.41, 5.74) is 1.44. The zero-order chi connectivity index (χ0) is 10.4. The Hall–Kier alpha value is -0.820. The monoisotopic (exact) mass is 191 g/mol. The molecular weight excluding hydrogens is 170 g/mol. The van der Waals surface area contributed by atoms with Crippen LogP contribution in [-0.4, -0.2) is 12.6 Å². The van der Waals surface area contributed by atoms with Gasteiger partial charge in [0.25, 0.3) is 0 Å². The number of rotatable bonds is 5. The Morgan fingerprint density at radius 3 is 2.29 bits per heavy atom. The van der Waals surface area contributed by atoms with Crippen molar-refractivity contribution in [1.82, 2.24) is 5.32 Å². The van der Waals surface area contributed by atoms with Gasteiger partial charge in [-0.05, 0) is 24.4 Å². The Bertz CT molecular complexity index is 241. The first-order valence-corrected chi connectivity index (χ1v) is 5.48. The summed E-state index contributed by atoms with van der Waals surface area (Å²) in [5.74, 6) is 0.655. The molecular formula is C13H21N. The first-order valence-electron chi connectivity index (χ1n) is 5.48. The maximum absolute atomic E-state index is 3.45. The van der Waals surface area contributed by atoms with Gasteiger partial charge in [0.05, 0.1) is 0 Å². The van der Waals surface area contributed by atoms with Crippen LogP contribution in [0.4, 0.5) is 0 Å². The molecule has 14 heavy (non-hydrogen) atoms. The zero-order valence-electron chi connectivity index (χ0n) is 9.46. The molecule has 0 aromatic heterocycles. The standard InChI is InChI=1S/C13H21N/c1-11(2)14-10-9-12(3)13-7-5-4-6-8-13/h4-8,11-12,14H,9-10H2,1-3H3/t12-/m0/s1. The molecule has 1 nitrogen and oxygen atoms in total. The highest BCUT2D eigenvalue weighted by Gasteiger charge is 2.03. The number of hydrogen-bond donors (Lipinski definition) is 1. The molecule has 1 heteroatoms. The average molecular weight is 191 g/mol. The predicted molar refractivity (Wildman–Crippen MR) is 62.6 cm³/mol. The normalized spacial score (nSPS) is 13.1. The molecule has 1 aromatic rings. The first-order chi connectivity index (χ1) is 6.70. The molecule has 1 N–H and O–H groups in total. The van der Waals surface area contributed by atoms with Crippen LogP contribution in [0.2, 0.25) is 0 Å². The summed E-state index contributed by atoms with van der Waals surface area (Å²) in [5, 5.41) is 3.45. The highest BCUT2D eigenvalue weighted by molar-refractivity contribution is 5.18. The van der Waals surface area contributed by atoms with Gasteiger partial charge in [0.2, 0.25) is 0 Å². The van der Waals surface area contributed by atoms with E-state index in [1.165, 1.54) is 12.0 Å². The molecule has 1 atom stereocenters. The average Bonchev–Trinajstić information content (AvgIpc) is 2.18. The van der Waals surface area contributed by atoms with Gasteiger partial charge in [-0.3, -0.25) is 0 Å². The largest absolute Gasteiger partial charge is 0.315 e. The summed E-state index contributed by atoms with van der Waals surface area (Å²) >= 11 is 0. The second kappa shape index (κ2) is 5.82. The molecule has 0 aliphatic rings. The second-order valence-corrected chi connectivity index (χ2v) is 4.21. The topological polar surface area (TPSA) is 12.0 Å². The summed E-state index contributed by atoms with van der Waals surface area (Å²) in [6.45, 7) is 7.77. The van der Waals surface area contributed by atoms with Crippen LogP contribution < -0.4 is 5.32 Å². The molecule has 0 saturated heterocycles. The van der Waals surface area contributed by atoms with Gasteiger partial charge in [0, 0.05) is 6.04 Å². The first kappa shape index (κ1) is 11.3. The van der Waals surface area contributed by atoms with Crippen molar-refractivity contribution in [2.24, 2.45) is 0 Å². The van der Waals surface area contributed by atoms with Crippen molar-refractivity contribution in [3.8, 4) is 0 Å². The maximum Gasteiger partial charge on any atom is 0.00103 e. The van der Waals surface area contributed by atoms with Crippen LogP contribution in [0.5, 0.6) is 0 Å². The quantitative estimate of drug-likeness (QED) is 0.753. The summed E-state index contributed by atoms with van der Waals surface area (Å²) < 4.78 is 0. The molecule has 0 heterocycles. The third-order valence-corrected chi connectivity index (χ3v) is 2.50. The molecule has 0 spiro atoms. The van der Waals surface area contributed by atoms with Crippen molar-refractivity contribution >= 4 is 0 Å². The van der Waals surface area contributed by atoms with Gasteiger partial charge < -0.3 is 5.32 Å². The highest BCUT2D eigenvalue weighted by Crippen LogP contribution is 2.17. The smallest absolute Gasteiger partial charge is 0.00103 e. The van der Waals surface area contributed by atoms with Gasteiger partial charge in [-0.25, -0.2) is 0 Å². The van der Waals surface area contributed by atoms with Crippen molar-refractivity contribution in [3.05, 3.63) is 35.9 Å². The minimum atomic E-state index is 0.595. The lowest BCUT2D eigenvalue weighted by molar-refractivity contribution is 0.541. The van der Waals surface area contributed by atoms with E-state index in [-0.39, 0.29) is 0 Å². The van der Waals surface area contributed by atoms with E-state index >= 15 is 0 Å². The van der Waals surface area contributed by atoms with Gasteiger partial charge in [-0.2, -0.15) is 0 Å². The molecule has 0 bridgehead atoms. The lowest BCUT2D eigenvalue weighted by Gasteiger charge is -2.13. The fourth-order valence-corrected chi connectivity index (χ4v) is 1.54. The third kappa shape index (κ3) is 3.93. The van der Waals surface area contributed by atoms with E-state index in [1.54, 1.807) is 0 Å². The van der Waals surface area contributed by atoms with Crippen LogP contribution in [0.3, 0.4) is 0 Å². The van der Waals surface area contributed by atoms with Crippen LogP contribution in [-0.2, 0) is 0 Å². The van der Waals surface area contributed by atoms with E-state index < -0.39 is 0 Å². The van der Waals surface area contributed by atoms with Gasteiger partial charge in [-0.15, -0.1) is 0 Å². The van der Waals surface area contributed by atoms with Crippen LogP contribution in [0.1, 0.15) is 38.7 Å². The Morgan fingerprint density at radius 2 is 1.71 bits per heavy atom. The maximum atomic E-state index is 3.45. The lowest BCUT2D eigenvalue weighted by Crippen LogP contribution is -2.24. The molecule has 78 valence electrons. The Balaban J connectivity index is 2.32. The van der Waals surface area contributed by atoms with E-state index in [1.807, 2.05) is 0 Å². The van der Waals surface area contributed by atoms with Crippen molar-refractivity contribution < 1.29 is 0 Å². The van der Waals surface area contributed by atoms with Crippen LogP contribution in [0.25, 0.3) is 0 Å². The molecule has 0 fully saturated rings. The Kier molecular flexibility index (Phi) is 4.68. The molecule has 0 radical (unpaired) electrons. The van der Waals surface area contributed by atoms with Crippen LogP contribution in [0, 0.1) is 0 Å². The van der Waals surface area contributed by atoms with E-state index in [0.29, 0.717) is 12.0 Å². The van der Waals surface area contributed by atoms with Gasteiger partial charge in [0.15, 0.2) is 0 Å². The van der Waals surface area contributed by atoms with Gasteiger partial charge in [-0.1, -0.05) is 51.1 Å². The third-order valence-electron chi connectivity index (χ3n) is 2.50. The SMILES string of the molecule is CC(C)NCC[C@H](C)c1ccccc1. The zero-order valence-corrected chi connectivity index (χ0v) is 9.46. The fraction of sp³-hybridized carbons (Fsp3) is 0.538. The molecule has 0 aliphatic carbocycles. The van der Waals surface area contributed by atoms with E-state index in [2.05, 4.69) is 56.4 Å². The predicted octanol–water partition coefficient (Wildman–Crippen LogP) is 3.18. The molecule has 0 saturated carbocycles. The summed E-state index contributed by atoms with van der Waals surface area (Å²) in [6, 6.07) is 11.3. The fourth-order valence-electron chi connectivity index (χ4n) is 1.54. The lowest BCUT2D eigenvalue weighted by atomic mass is 9.98. The highest BCUT2D eigenvalue weighted by atomic mass is 14.9. The Labute approximate surface area is 87.5 Å². The van der Waals surface area contributed by atoms with Crippen molar-refractivity contribution in [2.45, 2.75) is 39.2 Å². The van der Waals surface area contributed by atoms with E-state index in [0.717, 1.165) is 6.54 Å². The van der Waals surface area contributed by atoms with Crippen LogP contribution in [0.15, 0.2) is 30.3 Å². The minimum absolute atomic E-state index is 0.595. The van der Waals surface area contributed by atoms with Crippen molar-refractivity contribution in [1.29, 1.82) is 0 Å². The minimum Gasteiger partial charge on any atom is -0.315 e. The second-order valence-electron chi connectivity index (χ2n) is 4.21. The van der Waals surface area contributed by atoms with E-state index in [9.17, 15) is 0 Å². The summed E-state index contributed by atoms with van der Waals surface area (Å²) in [6.07, 6.45) is 1.21. The van der Waals surface area contributed by atoms with Crippen LogP contribution >= 0.6 is 0 Å². The molecule has 1 rings (SSSR count). The molecule has 0 amide bonds. The summed E-state index contributed by atoms with van der Waals surface area (Å²) in [4.78, 5) is 0.